The molecule has 0 bridgehead atoms. The molecule has 4 rings (SSSR count). The summed E-state index contributed by atoms with van der Waals surface area (Å²) < 4.78 is 0. The molecule has 4 aliphatic rings. The van der Waals surface area contributed by atoms with Crippen molar-refractivity contribution >= 4 is 17.3 Å². The minimum atomic E-state index is -0.104. The molecular formula is C20H26O3. The van der Waals surface area contributed by atoms with E-state index < -0.39 is 0 Å². The van der Waals surface area contributed by atoms with Crippen LogP contribution in [0, 0.1) is 35.0 Å². The van der Waals surface area contributed by atoms with Crippen LogP contribution in [0.15, 0.2) is 11.6 Å². The standard InChI is InChI=1S/C20H26O3/c1-11(21)14-5-6-15-16-4-3-12-9-13(22)7-8-20(12,2)19(16)18(23)10-17(14)15/h9,14-17,19H,3-8,10H2,1-2H3/t14-,15+,16+,17?,19-,20+/m1/s1. The lowest BCUT2D eigenvalue weighted by atomic mass is 9.49. The molecule has 4 aliphatic carbocycles. The van der Waals surface area contributed by atoms with Gasteiger partial charge in [-0.25, -0.2) is 0 Å². The summed E-state index contributed by atoms with van der Waals surface area (Å²) in [5.74, 6) is 2.34. The maximum absolute atomic E-state index is 13.1. The lowest BCUT2D eigenvalue weighted by Crippen LogP contribution is -2.52. The molecule has 23 heavy (non-hydrogen) atoms. The summed E-state index contributed by atoms with van der Waals surface area (Å²) in [5.41, 5.74) is 1.12. The molecule has 0 radical (unpaired) electrons. The molecule has 3 nitrogen and oxygen atoms in total. The van der Waals surface area contributed by atoms with Crippen molar-refractivity contribution < 1.29 is 14.4 Å². The van der Waals surface area contributed by atoms with Crippen LogP contribution >= 0.6 is 0 Å². The SMILES string of the molecule is CC(=O)[C@H]1CC[C@@H]2C1CC(=O)[C@H]1[C@H]2CCC2=CC(=O)CC[C@@]21C. The van der Waals surface area contributed by atoms with Gasteiger partial charge in [-0.3, -0.25) is 14.4 Å². The van der Waals surface area contributed by atoms with Crippen LogP contribution in [-0.2, 0) is 14.4 Å². The predicted molar refractivity (Wildman–Crippen MR) is 86.7 cm³/mol. The van der Waals surface area contributed by atoms with E-state index in [-0.39, 0.29) is 28.8 Å². The fraction of sp³-hybridized carbons (Fsp3) is 0.750. The summed E-state index contributed by atoms with van der Waals surface area (Å²) in [7, 11) is 0. The van der Waals surface area contributed by atoms with Crippen molar-refractivity contribution in [1.29, 1.82) is 0 Å². The monoisotopic (exact) mass is 314 g/mol. The second-order valence-electron chi connectivity index (χ2n) is 8.53. The molecule has 0 heterocycles. The maximum Gasteiger partial charge on any atom is 0.155 e. The van der Waals surface area contributed by atoms with Crippen molar-refractivity contribution in [2.45, 2.75) is 58.8 Å². The number of ketones is 3. The summed E-state index contributed by atoms with van der Waals surface area (Å²) in [6.45, 7) is 3.91. The zero-order valence-electron chi connectivity index (χ0n) is 14.1. The fourth-order valence-corrected chi connectivity index (χ4v) is 6.49. The number of hydrogen-bond acceptors (Lipinski definition) is 3. The van der Waals surface area contributed by atoms with Crippen LogP contribution in [0.3, 0.4) is 0 Å². The van der Waals surface area contributed by atoms with Crippen LogP contribution in [0.4, 0.5) is 0 Å². The van der Waals surface area contributed by atoms with Crippen LogP contribution in [0.5, 0.6) is 0 Å². The molecular weight excluding hydrogens is 288 g/mol. The Morgan fingerprint density at radius 2 is 1.87 bits per heavy atom. The second-order valence-corrected chi connectivity index (χ2v) is 8.53. The van der Waals surface area contributed by atoms with E-state index in [1.54, 1.807) is 6.92 Å². The molecule has 0 aromatic heterocycles. The van der Waals surface area contributed by atoms with E-state index in [2.05, 4.69) is 6.92 Å². The Balaban J connectivity index is 1.69. The molecule has 3 saturated carbocycles. The first-order valence-electron chi connectivity index (χ1n) is 9.19. The molecule has 3 fully saturated rings. The number of Topliss-reactive ketones (excluding diaryl/α,β-unsaturated/α-hetero) is 2. The van der Waals surface area contributed by atoms with Gasteiger partial charge in [-0.2, -0.15) is 0 Å². The summed E-state index contributed by atoms with van der Waals surface area (Å²) in [6, 6.07) is 0. The van der Waals surface area contributed by atoms with Gasteiger partial charge in [0.1, 0.15) is 11.6 Å². The van der Waals surface area contributed by atoms with Crippen molar-refractivity contribution in [2.24, 2.45) is 35.0 Å². The topological polar surface area (TPSA) is 51.2 Å². The molecule has 0 aliphatic heterocycles. The minimum absolute atomic E-state index is 0.0857. The first-order chi connectivity index (χ1) is 10.9. The van der Waals surface area contributed by atoms with Crippen molar-refractivity contribution in [3.8, 4) is 0 Å². The lowest BCUT2D eigenvalue weighted by Gasteiger charge is -2.54. The third-order valence-corrected chi connectivity index (χ3v) is 7.55. The first-order valence-corrected chi connectivity index (χ1v) is 9.19. The number of fused-ring (bicyclic) bond motifs is 5. The summed E-state index contributed by atoms with van der Waals surface area (Å²) >= 11 is 0. The van der Waals surface area contributed by atoms with Crippen molar-refractivity contribution in [2.75, 3.05) is 0 Å². The van der Waals surface area contributed by atoms with Crippen LogP contribution < -0.4 is 0 Å². The average molecular weight is 314 g/mol. The van der Waals surface area contributed by atoms with Gasteiger partial charge in [-0.1, -0.05) is 12.5 Å². The highest BCUT2D eigenvalue weighted by atomic mass is 16.1. The van der Waals surface area contributed by atoms with Gasteiger partial charge in [-0.15, -0.1) is 0 Å². The highest BCUT2D eigenvalue weighted by Gasteiger charge is 2.58. The molecule has 0 amide bonds. The number of carbonyl (C=O) groups is 3. The Kier molecular flexibility index (Phi) is 3.40. The Hall–Kier alpha value is -1.25. The quantitative estimate of drug-likeness (QED) is 0.744. The minimum Gasteiger partial charge on any atom is -0.300 e. The molecule has 0 aromatic rings. The van der Waals surface area contributed by atoms with Crippen LogP contribution in [0.1, 0.15) is 58.8 Å². The van der Waals surface area contributed by atoms with Crippen molar-refractivity contribution in [3.63, 3.8) is 0 Å². The summed E-state index contributed by atoms with van der Waals surface area (Å²) in [5, 5.41) is 0. The summed E-state index contributed by atoms with van der Waals surface area (Å²) in [6.07, 6.45) is 7.91. The number of hydrogen-bond donors (Lipinski definition) is 0. The zero-order chi connectivity index (χ0) is 16.4. The highest BCUT2D eigenvalue weighted by molar-refractivity contribution is 5.93. The first kappa shape index (κ1) is 15.3. The zero-order valence-corrected chi connectivity index (χ0v) is 14.1. The largest absolute Gasteiger partial charge is 0.300 e. The maximum atomic E-state index is 13.1. The van der Waals surface area contributed by atoms with Gasteiger partial charge < -0.3 is 0 Å². The van der Waals surface area contributed by atoms with E-state index in [9.17, 15) is 14.4 Å². The van der Waals surface area contributed by atoms with Crippen LogP contribution in [0.2, 0.25) is 0 Å². The molecule has 6 atom stereocenters. The smallest absolute Gasteiger partial charge is 0.155 e. The molecule has 0 spiro atoms. The van der Waals surface area contributed by atoms with Crippen LogP contribution in [0.25, 0.3) is 0 Å². The molecule has 1 unspecified atom stereocenters. The average Bonchev–Trinajstić information content (AvgIpc) is 2.91. The van der Waals surface area contributed by atoms with E-state index >= 15 is 0 Å². The number of carbonyl (C=O) groups excluding carboxylic acids is 3. The molecule has 124 valence electrons. The van der Waals surface area contributed by atoms with Gasteiger partial charge in [0.05, 0.1) is 0 Å². The van der Waals surface area contributed by atoms with E-state index in [4.69, 9.17) is 0 Å². The third-order valence-electron chi connectivity index (χ3n) is 7.55. The van der Waals surface area contributed by atoms with E-state index in [0.29, 0.717) is 36.4 Å². The van der Waals surface area contributed by atoms with E-state index in [1.807, 2.05) is 6.08 Å². The van der Waals surface area contributed by atoms with Gasteiger partial charge in [0, 0.05) is 24.7 Å². The van der Waals surface area contributed by atoms with E-state index in [0.717, 1.165) is 32.1 Å². The van der Waals surface area contributed by atoms with Gasteiger partial charge in [0.25, 0.3) is 0 Å². The fourth-order valence-electron chi connectivity index (χ4n) is 6.49. The summed E-state index contributed by atoms with van der Waals surface area (Å²) in [4.78, 5) is 36.8. The normalized spacial score (nSPS) is 45.8. The van der Waals surface area contributed by atoms with Gasteiger partial charge in [-0.05, 0) is 68.3 Å². The van der Waals surface area contributed by atoms with Crippen molar-refractivity contribution in [3.05, 3.63) is 11.6 Å². The Bertz CT molecular complexity index is 616. The molecule has 0 aromatic carbocycles. The second kappa shape index (κ2) is 5.12. The van der Waals surface area contributed by atoms with Gasteiger partial charge in [0.2, 0.25) is 0 Å². The van der Waals surface area contributed by atoms with Gasteiger partial charge in [0.15, 0.2) is 5.78 Å². The lowest BCUT2D eigenvalue weighted by molar-refractivity contribution is -0.141. The Labute approximate surface area is 137 Å². The highest BCUT2D eigenvalue weighted by Crippen LogP contribution is 2.61. The van der Waals surface area contributed by atoms with Crippen LogP contribution in [-0.4, -0.2) is 17.3 Å². The molecule has 3 heteroatoms. The third kappa shape index (κ3) is 2.11. The Morgan fingerprint density at radius 3 is 2.61 bits per heavy atom. The Morgan fingerprint density at radius 1 is 1.09 bits per heavy atom. The number of allylic oxidation sites excluding steroid dienone is 1. The van der Waals surface area contributed by atoms with E-state index in [1.165, 1.54) is 5.57 Å². The van der Waals surface area contributed by atoms with Gasteiger partial charge >= 0.3 is 0 Å². The predicted octanol–water partition coefficient (Wildman–Crippen LogP) is 3.51. The molecule has 0 N–H and O–H groups in total. The number of rotatable bonds is 1. The van der Waals surface area contributed by atoms with Crippen molar-refractivity contribution in [1.82, 2.24) is 0 Å². The molecule has 0 saturated heterocycles.